The maximum Gasteiger partial charge on any atom is 0.419 e. The average molecular weight is 231 g/mol. The molecule has 0 unspecified atom stereocenters. The minimum atomic E-state index is -4.63. The molecule has 1 aromatic carbocycles. The smallest absolute Gasteiger partial charge is 0.309 e. The molecule has 1 aromatic rings. The van der Waals surface area contributed by atoms with Crippen LogP contribution in [-0.2, 0) is 6.18 Å². The van der Waals surface area contributed by atoms with Crippen LogP contribution in [0.15, 0.2) is 24.3 Å². The van der Waals surface area contributed by atoms with Gasteiger partial charge in [0, 0.05) is 13.1 Å². The zero-order valence-electron chi connectivity index (χ0n) is 8.24. The molecule has 5 heteroatoms. The van der Waals surface area contributed by atoms with E-state index in [1.165, 1.54) is 6.07 Å². The molecule has 0 aliphatic carbocycles. The molecule has 1 nitrogen and oxygen atoms in total. The van der Waals surface area contributed by atoms with Crippen molar-refractivity contribution in [2.75, 3.05) is 13.1 Å². The maximum absolute atomic E-state index is 13.2. The molecule has 0 saturated heterocycles. The summed E-state index contributed by atoms with van der Waals surface area (Å²) in [6.45, 7) is 1.22. The van der Waals surface area contributed by atoms with Crippen molar-refractivity contribution < 1.29 is 17.6 Å². The number of alkyl halides is 3. The largest absolute Gasteiger partial charge is 0.419 e. The van der Waals surface area contributed by atoms with E-state index >= 15 is 0 Å². The molecule has 1 aliphatic rings. The predicted octanol–water partition coefficient (Wildman–Crippen LogP) is 2.83. The lowest BCUT2D eigenvalue weighted by molar-refractivity contribution is -0.140. The summed E-state index contributed by atoms with van der Waals surface area (Å²) in [4.78, 5) is 0. The fourth-order valence-electron chi connectivity index (χ4n) is 1.64. The third-order valence-electron chi connectivity index (χ3n) is 2.45. The van der Waals surface area contributed by atoms with Crippen LogP contribution in [-0.4, -0.2) is 13.1 Å². The van der Waals surface area contributed by atoms with E-state index in [-0.39, 0.29) is 0 Å². The van der Waals surface area contributed by atoms with Gasteiger partial charge in [0.25, 0.3) is 0 Å². The molecular formula is C11H9F4N. The SMILES string of the molecule is Fc1cc(C2=CCNC2)ccc1C(F)(F)F. The first kappa shape index (κ1) is 11.1. The quantitative estimate of drug-likeness (QED) is 0.733. The fourth-order valence-corrected chi connectivity index (χ4v) is 1.64. The standard InChI is InChI=1S/C11H9F4N/c12-10-5-7(8-3-4-16-6-8)1-2-9(10)11(13,14)15/h1-3,5,16H,4,6H2. The highest BCUT2D eigenvalue weighted by Crippen LogP contribution is 2.32. The molecule has 1 N–H and O–H groups in total. The highest BCUT2D eigenvalue weighted by atomic mass is 19.4. The molecule has 0 radical (unpaired) electrons. The van der Waals surface area contributed by atoms with E-state index in [2.05, 4.69) is 5.32 Å². The second-order valence-electron chi connectivity index (χ2n) is 3.55. The molecule has 0 amide bonds. The van der Waals surface area contributed by atoms with Gasteiger partial charge in [-0.3, -0.25) is 0 Å². The van der Waals surface area contributed by atoms with Gasteiger partial charge >= 0.3 is 6.18 Å². The topological polar surface area (TPSA) is 12.0 Å². The summed E-state index contributed by atoms with van der Waals surface area (Å²) in [5.74, 6) is -1.22. The summed E-state index contributed by atoms with van der Waals surface area (Å²) in [7, 11) is 0. The predicted molar refractivity (Wildman–Crippen MR) is 52.2 cm³/mol. The summed E-state index contributed by atoms with van der Waals surface area (Å²) in [5.41, 5.74) is 0.103. The van der Waals surface area contributed by atoms with E-state index in [1.807, 2.05) is 6.08 Å². The van der Waals surface area contributed by atoms with Crippen molar-refractivity contribution in [1.82, 2.24) is 5.32 Å². The van der Waals surface area contributed by atoms with Gasteiger partial charge in [-0.1, -0.05) is 12.1 Å². The lowest BCUT2D eigenvalue weighted by atomic mass is 10.0. The Labute approximate surface area is 89.8 Å². The minimum Gasteiger partial charge on any atom is -0.309 e. The number of benzene rings is 1. The van der Waals surface area contributed by atoms with Crippen molar-refractivity contribution in [2.45, 2.75) is 6.18 Å². The van der Waals surface area contributed by atoms with E-state index in [0.29, 0.717) is 18.7 Å². The molecule has 86 valence electrons. The Kier molecular flexibility index (Phi) is 2.71. The molecule has 0 spiro atoms. The number of rotatable bonds is 1. The summed E-state index contributed by atoms with van der Waals surface area (Å²) >= 11 is 0. The van der Waals surface area contributed by atoms with Gasteiger partial charge in [-0.05, 0) is 23.3 Å². The Balaban J connectivity index is 2.36. The highest BCUT2D eigenvalue weighted by molar-refractivity contribution is 5.69. The van der Waals surface area contributed by atoms with Crippen LogP contribution >= 0.6 is 0 Å². The van der Waals surface area contributed by atoms with Crippen LogP contribution in [0.3, 0.4) is 0 Å². The van der Waals surface area contributed by atoms with Crippen LogP contribution in [0.2, 0.25) is 0 Å². The van der Waals surface area contributed by atoms with Crippen LogP contribution < -0.4 is 5.32 Å². The second-order valence-corrected chi connectivity index (χ2v) is 3.55. The molecule has 0 aromatic heterocycles. The van der Waals surface area contributed by atoms with Crippen molar-refractivity contribution in [3.05, 3.63) is 41.2 Å². The molecule has 16 heavy (non-hydrogen) atoms. The summed E-state index contributed by atoms with van der Waals surface area (Å²) < 4.78 is 50.1. The van der Waals surface area contributed by atoms with E-state index in [1.54, 1.807) is 0 Å². The average Bonchev–Trinajstić information content (AvgIpc) is 2.68. The second kappa shape index (κ2) is 3.90. The molecule has 2 rings (SSSR count). The summed E-state index contributed by atoms with van der Waals surface area (Å²) in [6.07, 6.45) is -2.80. The number of hydrogen-bond acceptors (Lipinski definition) is 1. The van der Waals surface area contributed by atoms with E-state index in [4.69, 9.17) is 0 Å². The lowest BCUT2D eigenvalue weighted by Crippen LogP contribution is -2.09. The lowest BCUT2D eigenvalue weighted by Gasteiger charge is -2.09. The van der Waals surface area contributed by atoms with Gasteiger partial charge in [-0.2, -0.15) is 13.2 Å². The summed E-state index contributed by atoms with van der Waals surface area (Å²) in [6, 6.07) is 3.01. The molecular weight excluding hydrogens is 222 g/mol. The van der Waals surface area contributed by atoms with Crippen LogP contribution in [0.1, 0.15) is 11.1 Å². The van der Waals surface area contributed by atoms with Gasteiger partial charge in [0.2, 0.25) is 0 Å². The van der Waals surface area contributed by atoms with Crippen molar-refractivity contribution in [3.63, 3.8) is 0 Å². The first-order valence-corrected chi connectivity index (χ1v) is 4.75. The zero-order valence-corrected chi connectivity index (χ0v) is 8.24. The molecule has 0 fully saturated rings. The first-order valence-electron chi connectivity index (χ1n) is 4.75. The molecule has 0 bridgehead atoms. The first-order chi connectivity index (χ1) is 7.48. The summed E-state index contributed by atoms with van der Waals surface area (Å²) in [5, 5.41) is 3.00. The maximum atomic E-state index is 13.2. The highest BCUT2D eigenvalue weighted by Gasteiger charge is 2.34. The van der Waals surface area contributed by atoms with Crippen molar-refractivity contribution in [1.29, 1.82) is 0 Å². The Morgan fingerprint density at radius 3 is 2.44 bits per heavy atom. The molecule has 1 aliphatic heterocycles. The van der Waals surface area contributed by atoms with Crippen molar-refractivity contribution in [2.24, 2.45) is 0 Å². The zero-order chi connectivity index (χ0) is 11.8. The van der Waals surface area contributed by atoms with Crippen LogP contribution in [0.4, 0.5) is 17.6 Å². The number of halogens is 4. The van der Waals surface area contributed by atoms with Gasteiger partial charge in [-0.15, -0.1) is 0 Å². The van der Waals surface area contributed by atoms with Crippen molar-refractivity contribution >= 4 is 5.57 Å². The van der Waals surface area contributed by atoms with Gasteiger partial charge in [0.1, 0.15) is 5.82 Å². The van der Waals surface area contributed by atoms with Crippen LogP contribution in [0, 0.1) is 5.82 Å². The third kappa shape index (κ3) is 2.09. The van der Waals surface area contributed by atoms with E-state index in [0.717, 1.165) is 17.7 Å². The van der Waals surface area contributed by atoms with E-state index in [9.17, 15) is 17.6 Å². The van der Waals surface area contributed by atoms with Crippen molar-refractivity contribution in [3.8, 4) is 0 Å². The van der Waals surface area contributed by atoms with Gasteiger partial charge < -0.3 is 5.32 Å². The Morgan fingerprint density at radius 1 is 1.19 bits per heavy atom. The van der Waals surface area contributed by atoms with Gasteiger partial charge in [-0.25, -0.2) is 4.39 Å². The van der Waals surface area contributed by atoms with Crippen LogP contribution in [0.5, 0.6) is 0 Å². The molecule has 0 saturated carbocycles. The Hall–Kier alpha value is -1.36. The monoisotopic (exact) mass is 231 g/mol. The molecule has 0 atom stereocenters. The third-order valence-corrected chi connectivity index (χ3v) is 2.45. The normalized spacial score (nSPS) is 16.4. The van der Waals surface area contributed by atoms with Gasteiger partial charge in [0.05, 0.1) is 5.56 Å². The fraction of sp³-hybridized carbons (Fsp3) is 0.273. The number of hydrogen-bond donors (Lipinski definition) is 1. The van der Waals surface area contributed by atoms with Crippen LogP contribution in [0.25, 0.3) is 5.57 Å². The van der Waals surface area contributed by atoms with E-state index < -0.39 is 17.6 Å². The van der Waals surface area contributed by atoms with Gasteiger partial charge in [0.15, 0.2) is 0 Å². The minimum absolute atomic E-state index is 0.496. The molecule has 1 heterocycles. The Morgan fingerprint density at radius 2 is 1.94 bits per heavy atom. The Bertz CT molecular complexity index is 434. The number of nitrogens with one attached hydrogen (secondary N) is 1.